The predicted molar refractivity (Wildman–Crippen MR) is 96.5 cm³/mol. The molecule has 0 aliphatic carbocycles. The Labute approximate surface area is 152 Å². The van der Waals surface area contributed by atoms with E-state index >= 15 is 0 Å². The van der Waals surface area contributed by atoms with E-state index in [2.05, 4.69) is 36.5 Å². The molecule has 0 radical (unpaired) electrons. The fourth-order valence-electron chi connectivity index (χ4n) is 2.05. The topological polar surface area (TPSA) is 105 Å². The first-order valence-electron chi connectivity index (χ1n) is 7.80. The number of aliphatic carboxylic acids is 2. The summed E-state index contributed by atoms with van der Waals surface area (Å²) in [6, 6.07) is 14.4. The minimum Gasteiger partial charge on any atom is -0.497 e. The van der Waals surface area contributed by atoms with Crippen LogP contribution in [-0.2, 0) is 22.7 Å². The van der Waals surface area contributed by atoms with Gasteiger partial charge in [-0.15, -0.1) is 0 Å². The fraction of sp³-hybridized carbons (Fsp3) is 0.263. The van der Waals surface area contributed by atoms with Crippen molar-refractivity contribution in [1.82, 2.24) is 5.32 Å². The van der Waals surface area contributed by atoms with E-state index in [1.165, 1.54) is 11.1 Å². The molecule has 0 saturated carbocycles. The van der Waals surface area contributed by atoms with Gasteiger partial charge >= 0.3 is 11.9 Å². The first kappa shape index (κ1) is 21.0. The smallest absolute Gasteiger partial charge is 0.414 e. The third-order valence-electron chi connectivity index (χ3n) is 3.44. The summed E-state index contributed by atoms with van der Waals surface area (Å²) in [4.78, 5) is 18.2. The number of hydrogen-bond acceptors (Lipinski definition) is 5. The van der Waals surface area contributed by atoms with Gasteiger partial charge in [0.15, 0.2) is 0 Å². The van der Waals surface area contributed by atoms with Crippen LogP contribution in [0, 0.1) is 6.92 Å². The molecule has 0 bridgehead atoms. The Morgan fingerprint density at radius 1 is 0.923 bits per heavy atom. The van der Waals surface area contributed by atoms with Crippen LogP contribution in [0.15, 0.2) is 42.5 Å². The minimum absolute atomic E-state index is 0.765. The average Bonchev–Trinajstić information content (AvgIpc) is 2.64. The molecule has 0 aliphatic rings. The third kappa shape index (κ3) is 7.23. The highest BCUT2D eigenvalue weighted by Gasteiger charge is 2.05. The van der Waals surface area contributed by atoms with Crippen molar-refractivity contribution in [2.24, 2.45) is 0 Å². The van der Waals surface area contributed by atoms with Crippen LogP contribution >= 0.6 is 0 Å². The van der Waals surface area contributed by atoms with Gasteiger partial charge < -0.3 is 25.0 Å². The van der Waals surface area contributed by atoms with Crippen molar-refractivity contribution in [2.45, 2.75) is 20.0 Å². The van der Waals surface area contributed by atoms with E-state index in [9.17, 15) is 0 Å². The van der Waals surface area contributed by atoms with Gasteiger partial charge in [-0.1, -0.05) is 35.9 Å². The van der Waals surface area contributed by atoms with Crippen LogP contribution in [0.2, 0.25) is 0 Å². The average molecular weight is 361 g/mol. The molecule has 0 atom stereocenters. The number of nitrogens with one attached hydrogen (secondary N) is 1. The highest BCUT2D eigenvalue weighted by molar-refractivity contribution is 6.27. The van der Waals surface area contributed by atoms with Gasteiger partial charge in [0.05, 0.1) is 14.2 Å². The van der Waals surface area contributed by atoms with Crippen molar-refractivity contribution < 1.29 is 29.3 Å². The Hall–Kier alpha value is -3.06. The second-order valence-electron chi connectivity index (χ2n) is 5.38. The molecule has 7 nitrogen and oxygen atoms in total. The van der Waals surface area contributed by atoms with E-state index in [0.29, 0.717) is 0 Å². The molecule has 0 unspecified atom stereocenters. The Balaban J connectivity index is 0.000000487. The number of rotatable bonds is 6. The normalized spacial score (nSPS) is 9.65. The second-order valence-corrected chi connectivity index (χ2v) is 5.38. The summed E-state index contributed by atoms with van der Waals surface area (Å²) in [5.41, 5.74) is 3.69. The van der Waals surface area contributed by atoms with Crippen molar-refractivity contribution in [3.63, 3.8) is 0 Å². The molecule has 0 heterocycles. The Kier molecular flexibility index (Phi) is 8.66. The zero-order valence-electron chi connectivity index (χ0n) is 15.0. The van der Waals surface area contributed by atoms with E-state index in [0.717, 1.165) is 30.2 Å². The molecule has 0 aromatic heterocycles. The molecule has 2 aromatic carbocycles. The van der Waals surface area contributed by atoms with Gasteiger partial charge in [-0.25, -0.2) is 9.59 Å². The molecular formula is C19H23NO6. The first-order valence-corrected chi connectivity index (χ1v) is 7.80. The van der Waals surface area contributed by atoms with Crippen LogP contribution in [0.1, 0.15) is 16.7 Å². The Morgan fingerprint density at radius 3 is 2.04 bits per heavy atom. The molecule has 140 valence electrons. The third-order valence-corrected chi connectivity index (χ3v) is 3.44. The lowest BCUT2D eigenvalue weighted by Gasteiger charge is -2.11. The van der Waals surface area contributed by atoms with E-state index in [1.807, 2.05) is 18.2 Å². The summed E-state index contributed by atoms with van der Waals surface area (Å²) in [5, 5.41) is 18.2. The van der Waals surface area contributed by atoms with Crippen molar-refractivity contribution >= 4 is 11.9 Å². The number of benzene rings is 2. The Bertz CT molecular complexity index is 715. The van der Waals surface area contributed by atoms with Crippen molar-refractivity contribution in [1.29, 1.82) is 0 Å². The number of aryl methyl sites for hydroxylation is 1. The van der Waals surface area contributed by atoms with Crippen molar-refractivity contribution in [2.75, 3.05) is 14.2 Å². The summed E-state index contributed by atoms with van der Waals surface area (Å²) in [6.45, 7) is 3.70. The van der Waals surface area contributed by atoms with Crippen LogP contribution in [0.4, 0.5) is 0 Å². The molecule has 26 heavy (non-hydrogen) atoms. The lowest BCUT2D eigenvalue weighted by atomic mass is 10.1. The SMILES string of the molecule is COc1ccc(CNCc2ccc(C)cc2)c(OC)c1.O=C(O)C(=O)O. The molecule has 0 spiro atoms. The standard InChI is InChI=1S/C17H21NO2.C2H2O4/c1-13-4-6-14(7-5-13)11-18-12-15-8-9-16(19-2)10-17(15)20-3;3-1(4)2(5)6/h4-10,18H,11-12H2,1-3H3;(H,3,4)(H,5,6). The minimum atomic E-state index is -1.82. The second kappa shape index (κ2) is 10.7. The van der Waals surface area contributed by atoms with Gasteiger partial charge in [0.25, 0.3) is 0 Å². The molecule has 0 saturated heterocycles. The van der Waals surface area contributed by atoms with Crippen LogP contribution in [0.5, 0.6) is 11.5 Å². The summed E-state index contributed by atoms with van der Waals surface area (Å²) >= 11 is 0. The van der Waals surface area contributed by atoms with Gasteiger partial charge in [-0.3, -0.25) is 0 Å². The molecular weight excluding hydrogens is 338 g/mol. The zero-order valence-corrected chi connectivity index (χ0v) is 15.0. The maximum absolute atomic E-state index is 9.10. The molecule has 7 heteroatoms. The van der Waals surface area contributed by atoms with Crippen LogP contribution in [-0.4, -0.2) is 36.4 Å². The molecule has 2 aromatic rings. The number of hydrogen-bond donors (Lipinski definition) is 3. The van der Waals surface area contributed by atoms with Gasteiger partial charge in [0, 0.05) is 24.7 Å². The lowest BCUT2D eigenvalue weighted by Crippen LogP contribution is -2.13. The number of ether oxygens (including phenoxy) is 2. The molecule has 2 rings (SSSR count). The molecule has 0 aliphatic heterocycles. The highest BCUT2D eigenvalue weighted by atomic mass is 16.5. The quantitative estimate of drug-likeness (QED) is 0.679. The molecule has 0 amide bonds. The summed E-state index contributed by atoms with van der Waals surface area (Å²) in [6.07, 6.45) is 0. The summed E-state index contributed by atoms with van der Waals surface area (Å²) < 4.78 is 10.6. The van der Waals surface area contributed by atoms with E-state index in [1.54, 1.807) is 14.2 Å². The van der Waals surface area contributed by atoms with Gasteiger partial charge in [-0.2, -0.15) is 0 Å². The molecule has 0 fully saturated rings. The summed E-state index contributed by atoms with van der Waals surface area (Å²) in [7, 11) is 3.34. The Morgan fingerprint density at radius 2 is 1.54 bits per heavy atom. The van der Waals surface area contributed by atoms with E-state index in [-0.39, 0.29) is 0 Å². The maximum atomic E-state index is 9.10. The zero-order chi connectivity index (χ0) is 19.5. The summed E-state index contributed by atoms with van der Waals surface area (Å²) in [5.74, 6) is -1.99. The van der Waals surface area contributed by atoms with Crippen molar-refractivity contribution in [3.8, 4) is 11.5 Å². The first-order chi connectivity index (χ1) is 12.4. The maximum Gasteiger partial charge on any atom is 0.414 e. The number of carbonyl (C=O) groups is 2. The van der Waals surface area contributed by atoms with Gasteiger partial charge in [0.2, 0.25) is 0 Å². The number of carboxylic acid groups (broad SMARTS) is 2. The van der Waals surface area contributed by atoms with Crippen molar-refractivity contribution in [3.05, 3.63) is 59.2 Å². The van der Waals surface area contributed by atoms with Crippen LogP contribution in [0.3, 0.4) is 0 Å². The van der Waals surface area contributed by atoms with Crippen LogP contribution < -0.4 is 14.8 Å². The highest BCUT2D eigenvalue weighted by Crippen LogP contribution is 2.24. The fourth-order valence-corrected chi connectivity index (χ4v) is 2.05. The van der Waals surface area contributed by atoms with E-state index < -0.39 is 11.9 Å². The largest absolute Gasteiger partial charge is 0.497 e. The van der Waals surface area contributed by atoms with Crippen LogP contribution in [0.25, 0.3) is 0 Å². The van der Waals surface area contributed by atoms with E-state index in [4.69, 9.17) is 29.3 Å². The number of carboxylic acids is 2. The predicted octanol–water partition coefficient (Wildman–Crippen LogP) is 2.46. The van der Waals surface area contributed by atoms with Gasteiger partial charge in [0.1, 0.15) is 11.5 Å². The number of methoxy groups -OCH3 is 2. The lowest BCUT2D eigenvalue weighted by molar-refractivity contribution is -0.159. The monoisotopic (exact) mass is 361 g/mol. The molecule has 3 N–H and O–H groups in total. The van der Waals surface area contributed by atoms with Gasteiger partial charge in [-0.05, 0) is 18.6 Å².